The van der Waals surface area contributed by atoms with Crippen molar-refractivity contribution in [2.45, 2.75) is 20.8 Å². The molecule has 2 amide bonds. The topological polar surface area (TPSA) is 71.3 Å². The summed E-state index contributed by atoms with van der Waals surface area (Å²) < 4.78 is 5.30. The van der Waals surface area contributed by atoms with Crippen LogP contribution in [-0.4, -0.2) is 11.8 Å². The minimum absolute atomic E-state index is 0.0969. The summed E-state index contributed by atoms with van der Waals surface area (Å²) in [7, 11) is 0. The molecule has 0 radical (unpaired) electrons. The number of anilines is 1. The van der Waals surface area contributed by atoms with Crippen LogP contribution >= 0.6 is 0 Å². The van der Waals surface area contributed by atoms with Crippen molar-refractivity contribution in [1.82, 2.24) is 5.32 Å². The predicted octanol–water partition coefficient (Wildman–Crippen LogP) is 4.61. The molecule has 0 spiro atoms. The van der Waals surface area contributed by atoms with E-state index in [0.29, 0.717) is 17.0 Å². The number of carbonyl (C=O) groups is 2. The highest BCUT2D eigenvalue weighted by Gasteiger charge is 2.16. The van der Waals surface area contributed by atoms with Crippen LogP contribution in [0.5, 0.6) is 0 Å². The predicted molar refractivity (Wildman–Crippen MR) is 110 cm³/mol. The monoisotopic (exact) mass is 374 g/mol. The van der Waals surface area contributed by atoms with Gasteiger partial charge in [-0.05, 0) is 68.3 Å². The van der Waals surface area contributed by atoms with Crippen molar-refractivity contribution in [3.8, 4) is 0 Å². The van der Waals surface area contributed by atoms with E-state index >= 15 is 0 Å². The maximum Gasteiger partial charge on any atom is 0.272 e. The van der Waals surface area contributed by atoms with Crippen molar-refractivity contribution in [2.24, 2.45) is 0 Å². The Morgan fingerprint density at radius 3 is 2.43 bits per heavy atom. The Morgan fingerprint density at radius 1 is 0.929 bits per heavy atom. The van der Waals surface area contributed by atoms with E-state index in [1.54, 1.807) is 30.3 Å². The largest absolute Gasteiger partial charge is 0.465 e. The van der Waals surface area contributed by atoms with Crippen LogP contribution in [0.2, 0.25) is 0 Å². The zero-order chi connectivity index (χ0) is 20.1. The van der Waals surface area contributed by atoms with Crippen molar-refractivity contribution >= 4 is 23.6 Å². The maximum absolute atomic E-state index is 12.8. The van der Waals surface area contributed by atoms with Crippen LogP contribution in [0.3, 0.4) is 0 Å². The fourth-order valence-electron chi connectivity index (χ4n) is 2.67. The molecule has 0 fully saturated rings. The van der Waals surface area contributed by atoms with E-state index in [4.69, 9.17) is 4.42 Å². The highest BCUT2D eigenvalue weighted by molar-refractivity contribution is 6.10. The zero-order valence-corrected chi connectivity index (χ0v) is 16.1. The number of furan rings is 1. The van der Waals surface area contributed by atoms with Gasteiger partial charge in [0.25, 0.3) is 11.8 Å². The Morgan fingerprint density at radius 2 is 1.75 bits per heavy atom. The molecule has 0 aliphatic carbocycles. The first kappa shape index (κ1) is 19.2. The number of carbonyl (C=O) groups excluding carboxylic acids is 2. The Labute approximate surface area is 164 Å². The third kappa shape index (κ3) is 4.76. The van der Waals surface area contributed by atoms with E-state index in [1.807, 2.05) is 45.0 Å². The van der Waals surface area contributed by atoms with Gasteiger partial charge in [0.1, 0.15) is 11.5 Å². The number of amides is 2. The van der Waals surface area contributed by atoms with Gasteiger partial charge in [-0.1, -0.05) is 23.8 Å². The summed E-state index contributed by atoms with van der Waals surface area (Å²) in [6.45, 7) is 5.89. The highest BCUT2D eigenvalue weighted by Crippen LogP contribution is 2.16. The van der Waals surface area contributed by atoms with Gasteiger partial charge < -0.3 is 15.1 Å². The Kier molecular flexibility index (Phi) is 5.75. The van der Waals surface area contributed by atoms with Gasteiger partial charge in [-0.15, -0.1) is 0 Å². The van der Waals surface area contributed by atoms with Crippen LogP contribution in [0.25, 0.3) is 6.08 Å². The maximum atomic E-state index is 12.8. The molecule has 2 N–H and O–H groups in total. The smallest absolute Gasteiger partial charge is 0.272 e. The van der Waals surface area contributed by atoms with Gasteiger partial charge in [-0.25, -0.2) is 0 Å². The van der Waals surface area contributed by atoms with Crippen molar-refractivity contribution in [1.29, 1.82) is 0 Å². The lowest BCUT2D eigenvalue weighted by molar-refractivity contribution is -0.113. The first-order valence-corrected chi connectivity index (χ1v) is 8.94. The number of aryl methyl sites for hydroxylation is 3. The van der Waals surface area contributed by atoms with Gasteiger partial charge in [0.2, 0.25) is 0 Å². The molecule has 3 aromatic rings. The molecule has 0 aliphatic rings. The second-order valence-corrected chi connectivity index (χ2v) is 6.65. The van der Waals surface area contributed by atoms with E-state index in [-0.39, 0.29) is 11.6 Å². The summed E-state index contributed by atoms with van der Waals surface area (Å²) in [5.74, 6) is -0.327. The van der Waals surface area contributed by atoms with E-state index in [1.165, 1.54) is 12.3 Å². The molecule has 0 atom stereocenters. The van der Waals surface area contributed by atoms with Gasteiger partial charge in [-0.2, -0.15) is 0 Å². The van der Waals surface area contributed by atoms with E-state index < -0.39 is 5.91 Å². The fourth-order valence-corrected chi connectivity index (χ4v) is 2.67. The third-order valence-electron chi connectivity index (χ3n) is 4.37. The van der Waals surface area contributed by atoms with Gasteiger partial charge in [-0.3, -0.25) is 9.59 Å². The van der Waals surface area contributed by atoms with Crippen LogP contribution in [0.15, 0.2) is 71.0 Å². The summed E-state index contributed by atoms with van der Waals surface area (Å²) >= 11 is 0. The molecule has 2 aromatic carbocycles. The van der Waals surface area contributed by atoms with Crippen LogP contribution < -0.4 is 10.6 Å². The second kappa shape index (κ2) is 8.39. The standard InChI is InChI=1S/C23H22N2O3/c1-15-6-4-7-18(12-15)22(26)25-21(14-20-8-5-11-28-20)23(27)24-19-10-9-16(2)17(3)13-19/h4-14H,1-3H3,(H,24,27)(H,25,26)/b21-14-. The lowest BCUT2D eigenvalue weighted by atomic mass is 10.1. The molecule has 0 unspecified atom stereocenters. The lowest BCUT2D eigenvalue weighted by Crippen LogP contribution is -2.30. The van der Waals surface area contributed by atoms with Crippen molar-refractivity contribution in [2.75, 3.05) is 5.32 Å². The summed E-state index contributed by atoms with van der Waals surface area (Å²) in [5, 5.41) is 5.52. The van der Waals surface area contributed by atoms with Gasteiger partial charge in [0.15, 0.2) is 0 Å². The first-order valence-electron chi connectivity index (χ1n) is 8.94. The first-order chi connectivity index (χ1) is 13.4. The minimum Gasteiger partial charge on any atom is -0.465 e. The molecule has 0 saturated heterocycles. The second-order valence-electron chi connectivity index (χ2n) is 6.65. The number of hydrogen-bond acceptors (Lipinski definition) is 3. The highest BCUT2D eigenvalue weighted by atomic mass is 16.3. The SMILES string of the molecule is Cc1cccc(C(=O)N/C(=C\c2ccco2)C(=O)Nc2ccc(C)c(C)c2)c1. The number of nitrogens with one attached hydrogen (secondary N) is 2. The average Bonchev–Trinajstić information content (AvgIpc) is 3.17. The molecule has 0 bridgehead atoms. The molecule has 3 rings (SSSR count). The zero-order valence-electron chi connectivity index (χ0n) is 16.1. The Balaban J connectivity index is 1.85. The number of benzene rings is 2. The third-order valence-corrected chi connectivity index (χ3v) is 4.37. The average molecular weight is 374 g/mol. The molecule has 0 saturated carbocycles. The molecule has 28 heavy (non-hydrogen) atoms. The number of rotatable bonds is 5. The van der Waals surface area contributed by atoms with Crippen LogP contribution in [-0.2, 0) is 4.79 Å². The minimum atomic E-state index is -0.430. The molecule has 1 aromatic heterocycles. The summed E-state index contributed by atoms with van der Waals surface area (Å²) in [6.07, 6.45) is 3.01. The Bertz CT molecular complexity index is 1030. The molecule has 142 valence electrons. The lowest BCUT2D eigenvalue weighted by Gasteiger charge is -2.12. The van der Waals surface area contributed by atoms with Crippen molar-refractivity contribution < 1.29 is 14.0 Å². The van der Waals surface area contributed by atoms with Crippen LogP contribution in [0.1, 0.15) is 32.8 Å². The van der Waals surface area contributed by atoms with Crippen molar-refractivity contribution in [3.63, 3.8) is 0 Å². The summed E-state index contributed by atoms with van der Waals surface area (Å²) in [4.78, 5) is 25.5. The van der Waals surface area contributed by atoms with E-state index in [9.17, 15) is 9.59 Å². The van der Waals surface area contributed by atoms with Crippen LogP contribution in [0.4, 0.5) is 5.69 Å². The Hall–Kier alpha value is -3.60. The summed E-state index contributed by atoms with van der Waals surface area (Å²) in [5.41, 5.74) is 4.39. The van der Waals surface area contributed by atoms with E-state index in [0.717, 1.165) is 16.7 Å². The quantitative estimate of drug-likeness (QED) is 0.641. The van der Waals surface area contributed by atoms with Crippen LogP contribution in [0, 0.1) is 20.8 Å². The van der Waals surface area contributed by atoms with Gasteiger partial charge in [0.05, 0.1) is 6.26 Å². The molecule has 1 heterocycles. The molecule has 5 heteroatoms. The van der Waals surface area contributed by atoms with E-state index in [2.05, 4.69) is 10.6 Å². The normalized spacial score (nSPS) is 11.2. The van der Waals surface area contributed by atoms with Gasteiger partial charge in [0, 0.05) is 17.3 Å². The molecule has 5 nitrogen and oxygen atoms in total. The van der Waals surface area contributed by atoms with Crippen molar-refractivity contribution in [3.05, 3.63) is 94.6 Å². The summed E-state index contributed by atoms with van der Waals surface area (Å²) in [6, 6.07) is 16.3. The molecular weight excluding hydrogens is 352 g/mol. The molecule has 0 aliphatic heterocycles. The fraction of sp³-hybridized carbons (Fsp3) is 0.130. The number of hydrogen-bond donors (Lipinski definition) is 2. The van der Waals surface area contributed by atoms with Gasteiger partial charge >= 0.3 is 0 Å². The molecular formula is C23H22N2O3.